The number of hydrogen-bond acceptors (Lipinski definition) is 3. The predicted octanol–water partition coefficient (Wildman–Crippen LogP) is 4.53. The lowest BCUT2D eigenvalue weighted by Crippen LogP contribution is -1.96. The Bertz CT molecular complexity index is 398. The smallest absolute Gasteiger partial charge is 0.258 e. The molecule has 0 aliphatic heterocycles. The van der Waals surface area contributed by atoms with Gasteiger partial charge in [-0.1, -0.05) is 37.9 Å². The highest BCUT2D eigenvalue weighted by molar-refractivity contribution is 7.98. The van der Waals surface area contributed by atoms with E-state index in [-0.39, 0.29) is 10.7 Å². The Hall–Kier alpha value is -0.740. The van der Waals surface area contributed by atoms with E-state index in [4.69, 9.17) is 11.6 Å². The molecule has 1 unspecified atom stereocenters. The number of rotatable bonds is 6. The first kappa shape index (κ1) is 14.3. The van der Waals surface area contributed by atoms with Gasteiger partial charge in [0.15, 0.2) is 0 Å². The van der Waals surface area contributed by atoms with Crippen molar-refractivity contribution in [2.75, 3.05) is 5.75 Å². The molecule has 0 bridgehead atoms. The minimum Gasteiger partial charge on any atom is -0.258 e. The maximum atomic E-state index is 10.7. The fourth-order valence-corrected chi connectivity index (χ4v) is 2.64. The predicted molar refractivity (Wildman–Crippen MR) is 73.7 cm³/mol. The zero-order valence-electron chi connectivity index (χ0n) is 9.98. The van der Waals surface area contributed by atoms with Crippen molar-refractivity contribution < 1.29 is 4.92 Å². The van der Waals surface area contributed by atoms with E-state index in [0.717, 1.165) is 23.5 Å². The maximum absolute atomic E-state index is 10.7. The van der Waals surface area contributed by atoms with Crippen LogP contribution in [0.5, 0.6) is 0 Å². The van der Waals surface area contributed by atoms with Gasteiger partial charge >= 0.3 is 0 Å². The zero-order valence-corrected chi connectivity index (χ0v) is 11.6. The summed E-state index contributed by atoms with van der Waals surface area (Å²) in [5.74, 6) is 2.55. The molecule has 0 aromatic heterocycles. The van der Waals surface area contributed by atoms with Gasteiger partial charge in [0.05, 0.1) is 4.92 Å². The molecule has 0 N–H and O–H groups in total. The van der Waals surface area contributed by atoms with E-state index >= 15 is 0 Å². The van der Waals surface area contributed by atoms with Crippen molar-refractivity contribution in [3.63, 3.8) is 0 Å². The van der Waals surface area contributed by atoms with Crippen molar-refractivity contribution >= 4 is 29.1 Å². The first-order valence-corrected chi connectivity index (χ1v) is 7.08. The van der Waals surface area contributed by atoms with E-state index in [0.29, 0.717) is 5.92 Å². The molecule has 0 heterocycles. The van der Waals surface area contributed by atoms with Gasteiger partial charge in [0, 0.05) is 11.8 Å². The highest BCUT2D eigenvalue weighted by atomic mass is 35.5. The van der Waals surface area contributed by atoms with Crippen LogP contribution in [0.1, 0.15) is 25.8 Å². The summed E-state index contributed by atoms with van der Waals surface area (Å²) in [6, 6.07) is 5.00. The molecule has 3 nitrogen and oxygen atoms in total. The van der Waals surface area contributed by atoms with E-state index in [2.05, 4.69) is 13.8 Å². The first-order chi connectivity index (χ1) is 8.04. The Balaban J connectivity index is 2.60. The quantitative estimate of drug-likeness (QED) is 0.565. The van der Waals surface area contributed by atoms with Crippen LogP contribution in [0, 0.1) is 16.0 Å². The van der Waals surface area contributed by atoms with Crippen LogP contribution in [0.4, 0.5) is 5.69 Å². The number of nitrogens with zero attached hydrogens (tertiary/aromatic N) is 1. The third-order valence-corrected chi connectivity index (χ3v) is 4.24. The van der Waals surface area contributed by atoms with Crippen LogP contribution in [0.3, 0.4) is 0 Å². The summed E-state index contributed by atoms with van der Waals surface area (Å²) in [7, 11) is 0. The number of nitro groups is 1. The lowest BCUT2D eigenvalue weighted by atomic mass is 10.2. The van der Waals surface area contributed by atoms with Crippen LogP contribution < -0.4 is 0 Å². The van der Waals surface area contributed by atoms with Gasteiger partial charge < -0.3 is 0 Å². The third kappa shape index (κ3) is 4.56. The second-order valence-electron chi connectivity index (χ2n) is 4.07. The van der Waals surface area contributed by atoms with Crippen molar-refractivity contribution in [3.05, 3.63) is 38.9 Å². The zero-order chi connectivity index (χ0) is 12.8. The van der Waals surface area contributed by atoms with Gasteiger partial charge in [0.2, 0.25) is 0 Å². The summed E-state index contributed by atoms with van der Waals surface area (Å²) in [5, 5.41) is 10.9. The minimum atomic E-state index is -0.439. The van der Waals surface area contributed by atoms with Gasteiger partial charge in [-0.3, -0.25) is 10.1 Å². The van der Waals surface area contributed by atoms with Gasteiger partial charge in [-0.25, -0.2) is 0 Å². The standard InChI is InChI=1S/C12H16ClNO2S/c1-3-9(2)7-17-8-10-4-5-11(13)12(6-10)14(15)16/h4-6,9H,3,7-8H2,1-2H3. The highest BCUT2D eigenvalue weighted by Gasteiger charge is 2.12. The molecule has 0 saturated heterocycles. The van der Waals surface area contributed by atoms with E-state index in [1.807, 2.05) is 6.07 Å². The van der Waals surface area contributed by atoms with Crippen molar-refractivity contribution in [2.24, 2.45) is 5.92 Å². The van der Waals surface area contributed by atoms with E-state index in [1.54, 1.807) is 23.9 Å². The van der Waals surface area contributed by atoms with Crippen LogP contribution in [-0.4, -0.2) is 10.7 Å². The average Bonchev–Trinajstić information content (AvgIpc) is 2.30. The molecule has 0 radical (unpaired) electrons. The van der Waals surface area contributed by atoms with Crippen LogP contribution in [0.15, 0.2) is 18.2 Å². The van der Waals surface area contributed by atoms with Crippen LogP contribution in [-0.2, 0) is 5.75 Å². The average molecular weight is 274 g/mol. The molecular formula is C12H16ClNO2S. The molecule has 0 saturated carbocycles. The fourth-order valence-electron chi connectivity index (χ4n) is 1.28. The number of hydrogen-bond donors (Lipinski definition) is 0. The summed E-state index contributed by atoms with van der Waals surface area (Å²) in [5.41, 5.74) is 0.947. The molecule has 0 aliphatic carbocycles. The number of halogens is 1. The Labute approximate surface area is 111 Å². The summed E-state index contributed by atoms with van der Waals surface area (Å²) >= 11 is 7.55. The molecule has 5 heteroatoms. The molecule has 17 heavy (non-hydrogen) atoms. The Morgan fingerprint density at radius 1 is 1.53 bits per heavy atom. The Kier molecular flexibility index (Phi) is 5.78. The number of benzene rings is 1. The van der Waals surface area contributed by atoms with Gasteiger partial charge in [0.1, 0.15) is 5.02 Å². The van der Waals surface area contributed by atoms with Crippen LogP contribution in [0.25, 0.3) is 0 Å². The summed E-state index contributed by atoms with van der Waals surface area (Å²) in [4.78, 5) is 10.3. The van der Waals surface area contributed by atoms with Gasteiger partial charge in [-0.2, -0.15) is 11.8 Å². The molecular weight excluding hydrogens is 258 g/mol. The van der Waals surface area contributed by atoms with E-state index in [1.165, 1.54) is 0 Å². The van der Waals surface area contributed by atoms with Crippen LogP contribution in [0.2, 0.25) is 5.02 Å². The molecule has 0 spiro atoms. The molecule has 0 fully saturated rings. The van der Waals surface area contributed by atoms with Crippen molar-refractivity contribution in [2.45, 2.75) is 26.0 Å². The minimum absolute atomic E-state index is 0.00620. The SMILES string of the molecule is CCC(C)CSCc1ccc(Cl)c([N+](=O)[O-])c1. The van der Waals surface area contributed by atoms with E-state index < -0.39 is 4.92 Å². The number of nitro benzene ring substituents is 1. The Morgan fingerprint density at radius 2 is 2.24 bits per heavy atom. The van der Waals surface area contributed by atoms with Gasteiger partial charge in [-0.15, -0.1) is 0 Å². The normalized spacial score (nSPS) is 12.4. The largest absolute Gasteiger partial charge is 0.288 e. The van der Waals surface area contributed by atoms with Gasteiger partial charge in [0.25, 0.3) is 5.69 Å². The van der Waals surface area contributed by atoms with Crippen molar-refractivity contribution in [1.82, 2.24) is 0 Å². The summed E-state index contributed by atoms with van der Waals surface area (Å²) < 4.78 is 0. The van der Waals surface area contributed by atoms with E-state index in [9.17, 15) is 10.1 Å². The molecule has 0 aliphatic rings. The Morgan fingerprint density at radius 3 is 2.82 bits per heavy atom. The van der Waals surface area contributed by atoms with Gasteiger partial charge in [-0.05, 0) is 23.3 Å². The molecule has 1 rings (SSSR count). The monoisotopic (exact) mass is 273 g/mol. The summed E-state index contributed by atoms with van der Waals surface area (Å²) in [6.07, 6.45) is 1.16. The third-order valence-electron chi connectivity index (χ3n) is 2.58. The number of thioether (sulfide) groups is 1. The summed E-state index contributed by atoms with van der Waals surface area (Å²) in [6.45, 7) is 4.37. The molecule has 94 valence electrons. The lowest BCUT2D eigenvalue weighted by Gasteiger charge is -2.07. The lowest BCUT2D eigenvalue weighted by molar-refractivity contribution is -0.384. The van der Waals surface area contributed by atoms with Crippen molar-refractivity contribution in [3.8, 4) is 0 Å². The molecule has 1 aromatic carbocycles. The molecule has 0 amide bonds. The molecule has 1 aromatic rings. The second kappa shape index (κ2) is 6.87. The second-order valence-corrected chi connectivity index (χ2v) is 5.51. The molecule has 1 atom stereocenters. The topological polar surface area (TPSA) is 43.1 Å². The highest BCUT2D eigenvalue weighted by Crippen LogP contribution is 2.27. The van der Waals surface area contributed by atoms with Crippen molar-refractivity contribution in [1.29, 1.82) is 0 Å². The first-order valence-electron chi connectivity index (χ1n) is 5.55. The fraction of sp³-hybridized carbons (Fsp3) is 0.500. The van der Waals surface area contributed by atoms with Crippen LogP contribution >= 0.6 is 23.4 Å². The maximum Gasteiger partial charge on any atom is 0.288 e.